The Labute approximate surface area is 117 Å². The molecule has 1 unspecified atom stereocenters. The Bertz CT molecular complexity index is 613. The van der Waals surface area contributed by atoms with Crippen LogP contribution in [0.4, 0.5) is 10.1 Å². The molecule has 0 aliphatic heterocycles. The van der Waals surface area contributed by atoms with Gasteiger partial charge in [-0.05, 0) is 24.6 Å². The van der Waals surface area contributed by atoms with Crippen molar-refractivity contribution in [3.05, 3.63) is 65.5 Å². The van der Waals surface area contributed by atoms with Crippen LogP contribution in [0.2, 0.25) is 0 Å². The molecule has 2 aromatic rings. The van der Waals surface area contributed by atoms with Crippen molar-refractivity contribution in [1.82, 2.24) is 0 Å². The maximum absolute atomic E-state index is 13.8. The van der Waals surface area contributed by atoms with Gasteiger partial charge < -0.3 is 10.4 Å². The van der Waals surface area contributed by atoms with E-state index >= 15 is 0 Å². The smallest absolute Gasteiger partial charge is 0.337 e. The fraction of sp³-hybridized carbons (Fsp3) is 0.188. The van der Waals surface area contributed by atoms with Gasteiger partial charge in [-0.3, -0.25) is 0 Å². The van der Waals surface area contributed by atoms with Crippen LogP contribution >= 0.6 is 0 Å². The zero-order valence-electron chi connectivity index (χ0n) is 11.1. The van der Waals surface area contributed by atoms with Crippen molar-refractivity contribution in [2.24, 2.45) is 0 Å². The Morgan fingerprint density at radius 2 is 1.85 bits per heavy atom. The van der Waals surface area contributed by atoms with Crippen molar-refractivity contribution in [3.63, 3.8) is 0 Å². The number of carboxylic acids is 1. The third-order valence-corrected chi connectivity index (χ3v) is 3.18. The van der Waals surface area contributed by atoms with Crippen molar-refractivity contribution < 1.29 is 14.3 Å². The monoisotopic (exact) mass is 273 g/mol. The number of hydrogen-bond acceptors (Lipinski definition) is 2. The second-order valence-electron chi connectivity index (χ2n) is 4.48. The first-order chi connectivity index (χ1) is 9.63. The van der Waals surface area contributed by atoms with Gasteiger partial charge in [0, 0.05) is 11.3 Å². The predicted octanol–water partition coefficient (Wildman–Crippen LogP) is 4.09. The minimum absolute atomic E-state index is 0.183. The standard InChI is InChI=1S/C16H16FNO2/c1-2-14(11-7-3-5-9-13(11)17)18-15-10-6-4-8-12(15)16(19)20/h3-10,14,18H,2H2,1H3,(H,19,20). The lowest BCUT2D eigenvalue weighted by molar-refractivity contribution is 0.0698. The lowest BCUT2D eigenvalue weighted by Crippen LogP contribution is -2.14. The van der Waals surface area contributed by atoms with Gasteiger partial charge in [-0.15, -0.1) is 0 Å². The van der Waals surface area contributed by atoms with Crippen LogP contribution in [0.5, 0.6) is 0 Å². The molecule has 0 amide bonds. The molecule has 0 aromatic heterocycles. The fourth-order valence-corrected chi connectivity index (χ4v) is 2.14. The van der Waals surface area contributed by atoms with Gasteiger partial charge in [-0.25, -0.2) is 9.18 Å². The number of anilines is 1. The number of nitrogens with one attached hydrogen (secondary N) is 1. The van der Waals surface area contributed by atoms with Crippen LogP contribution in [0.3, 0.4) is 0 Å². The highest BCUT2D eigenvalue weighted by Crippen LogP contribution is 2.26. The molecule has 1 atom stereocenters. The van der Waals surface area contributed by atoms with Gasteiger partial charge in [0.1, 0.15) is 5.82 Å². The largest absolute Gasteiger partial charge is 0.478 e. The van der Waals surface area contributed by atoms with Crippen LogP contribution in [0.1, 0.15) is 35.3 Å². The molecule has 0 spiro atoms. The molecule has 4 heteroatoms. The molecular formula is C16H16FNO2. The molecule has 0 saturated heterocycles. The van der Waals surface area contributed by atoms with Crippen molar-refractivity contribution in [1.29, 1.82) is 0 Å². The molecule has 0 fully saturated rings. The number of carbonyl (C=O) groups is 1. The maximum Gasteiger partial charge on any atom is 0.337 e. The Morgan fingerprint density at radius 3 is 2.50 bits per heavy atom. The Hall–Kier alpha value is -2.36. The number of carboxylic acid groups (broad SMARTS) is 1. The molecule has 2 aromatic carbocycles. The summed E-state index contributed by atoms with van der Waals surface area (Å²) in [7, 11) is 0. The van der Waals surface area contributed by atoms with Crippen molar-refractivity contribution in [2.45, 2.75) is 19.4 Å². The van der Waals surface area contributed by atoms with E-state index < -0.39 is 5.97 Å². The molecule has 2 N–H and O–H groups in total. The fourth-order valence-electron chi connectivity index (χ4n) is 2.14. The van der Waals surface area contributed by atoms with Crippen LogP contribution in [-0.4, -0.2) is 11.1 Å². The summed E-state index contributed by atoms with van der Waals surface area (Å²) in [5.41, 5.74) is 1.22. The molecule has 2 rings (SSSR count). The van der Waals surface area contributed by atoms with E-state index in [0.717, 1.165) is 0 Å². The van der Waals surface area contributed by atoms with Crippen LogP contribution in [-0.2, 0) is 0 Å². The van der Waals surface area contributed by atoms with E-state index in [0.29, 0.717) is 17.7 Å². The topological polar surface area (TPSA) is 49.3 Å². The van der Waals surface area contributed by atoms with Gasteiger partial charge in [-0.2, -0.15) is 0 Å². The van der Waals surface area contributed by atoms with E-state index in [1.807, 2.05) is 6.92 Å². The number of benzene rings is 2. The highest BCUT2D eigenvalue weighted by Gasteiger charge is 2.16. The zero-order valence-corrected chi connectivity index (χ0v) is 11.1. The molecule has 0 radical (unpaired) electrons. The Balaban J connectivity index is 2.32. The summed E-state index contributed by atoms with van der Waals surface area (Å²) < 4.78 is 13.8. The van der Waals surface area contributed by atoms with E-state index in [9.17, 15) is 9.18 Å². The molecule has 0 aliphatic rings. The first kappa shape index (κ1) is 14.1. The quantitative estimate of drug-likeness (QED) is 0.862. The van der Waals surface area contributed by atoms with E-state index in [-0.39, 0.29) is 17.4 Å². The van der Waals surface area contributed by atoms with E-state index in [4.69, 9.17) is 5.11 Å². The average Bonchev–Trinajstić information content (AvgIpc) is 2.46. The molecule has 0 aliphatic carbocycles. The van der Waals surface area contributed by atoms with Gasteiger partial charge in [0.25, 0.3) is 0 Å². The Kier molecular flexibility index (Phi) is 4.35. The number of aromatic carboxylic acids is 1. The van der Waals surface area contributed by atoms with E-state index in [1.165, 1.54) is 12.1 Å². The summed E-state index contributed by atoms with van der Waals surface area (Å²) in [6.45, 7) is 1.92. The van der Waals surface area contributed by atoms with Crippen molar-refractivity contribution >= 4 is 11.7 Å². The van der Waals surface area contributed by atoms with Crippen molar-refractivity contribution in [3.8, 4) is 0 Å². The summed E-state index contributed by atoms with van der Waals surface area (Å²) in [6.07, 6.45) is 0.648. The second kappa shape index (κ2) is 6.19. The highest BCUT2D eigenvalue weighted by atomic mass is 19.1. The lowest BCUT2D eigenvalue weighted by Gasteiger charge is -2.20. The van der Waals surface area contributed by atoms with Crippen molar-refractivity contribution in [2.75, 3.05) is 5.32 Å². The first-order valence-electron chi connectivity index (χ1n) is 6.46. The van der Waals surface area contributed by atoms with Gasteiger partial charge in [0.05, 0.1) is 11.6 Å². The highest BCUT2D eigenvalue weighted by molar-refractivity contribution is 5.94. The molecule has 3 nitrogen and oxygen atoms in total. The molecule has 104 valence electrons. The zero-order chi connectivity index (χ0) is 14.5. The first-order valence-corrected chi connectivity index (χ1v) is 6.46. The van der Waals surface area contributed by atoms with Crippen LogP contribution < -0.4 is 5.32 Å². The minimum Gasteiger partial charge on any atom is -0.478 e. The molecule has 20 heavy (non-hydrogen) atoms. The minimum atomic E-state index is -1.00. The normalized spacial score (nSPS) is 11.9. The molecule has 0 bridgehead atoms. The summed E-state index contributed by atoms with van der Waals surface area (Å²) in [6, 6.07) is 12.9. The van der Waals surface area contributed by atoms with Gasteiger partial charge >= 0.3 is 5.97 Å². The van der Waals surface area contributed by atoms with Crippen LogP contribution in [0.15, 0.2) is 48.5 Å². The lowest BCUT2D eigenvalue weighted by atomic mass is 10.0. The van der Waals surface area contributed by atoms with E-state index in [2.05, 4.69) is 5.32 Å². The molecule has 0 heterocycles. The number of para-hydroxylation sites is 1. The maximum atomic E-state index is 13.8. The summed E-state index contributed by atoms with van der Waals surface area (Å²) in [5.74, 6) is -1.30. The second-order valence-corrected chi connectivity index (χ2v) is 4.48. The third-order valence-electron chi connectivity index (χ3n) is 3.18. The summed E-state index contributed by atoms with van der Waals surface area (Å²) in [5, 5.41) is 12.3. The SMILES string of the molecule is CCC(Nc1ccccc1C(=O)O)c1ccccc1F. The Morgan fingerprint density at radius 1 is 1.20 bits per heavy atom. The van der Waals surface area contributed by atoms with Gasteiger partial charge in [0.15, 0.2) is 0 Å². The number of hydrogen-bond donors (Lipinski definition) is 2. The predicted molar refractivity (Wildman–Crippen MR) is 76.5 cm³/mol. The summed E-state index contributed by atoms with van der Waals surface area (Å²) >= 11 is 0. The van der Waals surface area contributed by atoms with E-state index in [1.54, 1.807) is 36.4 Å². The summed E-state index contributed by atoms with van der Waals surface area (Å²) in [4.78, 5) is 11.2. The average molecular weight is 273 g/mol. The van der Waals surface area contributed by atoms with Gasteiger partial charge in [-0.1, -0.05) is 37.3 Å². The van der Waals surface area contributed by atoms with Crippen LogP contribution in [0.25, 0.3) is 0 Å². The third kappa shape index (κ3) is 2.96. The number of halogens is 1. The van der Waals surface area contributed by atoms with Crippen LogP contribution in [0, 0.1) is 5.82 Å². The molecular weight excluding hydrogens is 257 g/mol. The molecule has 0 saturated carbocycles. The van der Waals surface area contributed by atoms with Gasteiger partial charge in [0.2, 0.25) is 0 Å². The number of rotatable bonds is 5.